The van der Waals surface area contributed by atoms with E-state index in [2.05, 4.69) is 11.6 Å². The van der Waals surface area contributed by atoms with Gasteiger partial charge >= 0.3 is 0 Å². The van der Waals surface area contributed by atoms with Crippen LogP contribution in [0.1, 0.15) is 41.6 Å². The summed E-state index contributed by atoms with van der Waals surface area (Å²) in [6.07, 6.45) is 6.44. The van der Waals surface area contributed by atoms with Crippen molar-refractivity contribution in [3.05, 3.63) is 35.1 Å². The minimum Gasteiger partial charge on any atom is -0.349 e. The fraction of sp³-hybridized carbons (Fsp3) is 0.533. The highest BCUT2D eigenvalue weighted by atomic mass is 32.2. The maximum atomic E-state index is 13.7. The molecule has 4 heteroatoms. The van der Waals surface area contributed by atoms with Crippen molar-refractivity contribution >= 4 is 17.7 Å². The summed E-state index contributed by atoms with van der Waals surface area (Å²) in [6, 6.07) is 4.82. The molecule has 104 valence electrons. The van der Waals surface area contributed by atoms with Crippen LogP contribution in [0.2, 0.25) is 0 Å². The Kier molecular flexibility index (Phi) is 4.86. The van der Waals surface area contributed by atoms with E-state index in [0.29, 0.717) is 5.25 Å². The Balaban J connectivity index is 2.02. The zero-order chi connectivity index (χ0) is 13.8. The summed E-state index contributed by atoms with van der Waals surface area (Å²) in [6.45, 7) is 1.86. The number of amides is 1. The summed E-state index contributed by atoms with van der Waals surface area (Å²) < 4.78 is 13.7. The highest BCUT2D eigenvalue weighted by Crippen LogP contribution is 2.27. The van der Waals surface area contributed by atoms with Gasteiger partial charge in [0, 0.05) is 11.3 Å². The molecule has 1 aliphatic rings. The van der Waals surface area contributed by atoms with E-state index in [1.165, 1.54) is 12.5 Å². The second-order valence-electron chi connectivity index (χ2n) is 5.18. The normalized spacial score (nSPS) is 23.1. The van der Waals surface area contributed by atoms with E-state index < -0.39 is 5.82 Å². The quantitative estimate of drug-likeness (QED) is 0.918. The number of nitrogens with one attached hydrogen (secondary N) is 1. The number of halogens is 1. The molecule has 0 saturated heterocycles. The SMILES string of the molecule is CSC1CCCC(NC(=O)c2cc(C)ccc2F)C1. The van der Waals surface area contributed by atoms with Crippen LogP contribution >= 0.6 is 11.8 Å². The summed E-state index contributed by atoms with van der Waals surface area (Å²) in [7, 11) is 0. The highest BCUT2D eigenvalue weighted by molar-refractivity contribution is 7.99. The van der Waals surface area contributed by atoms with Gasteiger partial charge in [0.2, 0.25) is 0 Å². The van der Waals surface area contributed by atoms with Crippen molar-refractivity contribution in [3.8, 4) is 0 Å². The number of rotatable bonds is 3. The third kappa shape index (κ3) is 3.72. The van der Waals surface area contributed by atoms with Crippen LogP contribution < -0.4 is 5.32 Å². The van der Waals surface area contributed by atoms with Crippen molar-refractivity contribution in [2.45, 2.75) is 43.9 Å². The Morgan fingerprint density at radius 2 is 2.21 bits per heavy atom. The zero-order valence-corrected chi connectivity index (χ0v) is 12.2. The van der Waals surface area contributed by atoms with Crippen LogP contribution in [0.25, 0.3) is 0 Å². The molecule has 2 atom stereocenters. The number of aryl methyl sites for hydroxylation is 1. The molecule has 1 aromatic carbocycles. The molecule has 1 aliphatic carbocycles. The number of benzene rings is 1. The summed E-state index contributed by atoms with van der Waals surface area (Å²) in [4.78, 5) is 12.1. The lowest BCUT2D eigenvalue weighted by Gasteiger charge is -2.28. The summed E-state index contributed by atoms with van der Waals surface area (Å²) in [5, 5.41) is 3.59. The first kappa shape index (κ1) is 14.4. The Morgan fingerprint density at radius 1 is 1.42 bits per heavy atom. The van der Waals surface area contributed by atoms with Gasteiger partial charge in [0.1, 0.15) is 5.82 Å². The van der Waals surface area contributed by atoms with E-state index in [9.17, 15) is 9.18 Å². The number of carbonyl (C=O) groups excluding carboxylic acids is 1. The minimum absolute atomic E-state index is 0.159. The standard InChI is InChI=1S/C15H20FNOS/c1-10-6-7-14(16)13(8-10)15(18)17-11-4-3-5-12(9-11)19-2/h6-8,11-12H,3-5,9H2,1-2H3,(H,17,18). The number of hydrogen-bond donors (Lipinski definition) is 1. The molecule has 0 heterocycles. The van der Waals surface area contributed by atoms with Crippen molar-refractivity contribution < 1.29 is 9.18 Å². The van der Waals surface area contributed by atoms with Crippen LogP contribution in [-0.4, -0.2) is 23.5 Å². The van der Waals surface area contributed by atoms with Crippen molar-refractivity contribution in [2.75, 3.05) is 6.26 Å². The molecule has 1 fully saturated rings. The molecule has 2 unspecified atom stereocenters. The average Bonchev–Trinajstić information content (AvgIpc) is 2.41. The molecular weight excluding hydrogens is 261 g/mol. The van der Waals surface area contributed by atoms with Crippen LogP contribution in [0.5, 0.6) is 0 Å². The molecule has 0 radical (unpaired) electrons. The Bertz CT molecular complexity index is 463. The predicted molar refractivity (Wildman–Crippen MR) is 78.2 cm³/mol. The Morgan fingerprint density at radius 3 is 2.95 bits per heavy atom. The topological polar surface area (TPSA) is 29.1 Å². The van der Waals surface area contributed by atoms with Crippen molar-refractivity contribution in [2.24, 2.45) is 0 Å². The smallest absolute Gasteiger partial charge is 0.254 e. The van der Waals surface area contributed by atoms with Gasteiger partial charge in [-0.1, -0.05) is 18.1 Å². The Labute approximate surface area is 118 Å². The number of hydrogen-bond acceptors (Lipinski definition) is 2. The van der Waals surface area contributed by atoms with E-state index in [1.807, 2.05) is 18.7 Å². The van der Waals surface area contributed by atoms with Crippen LogP contribution in [0.15, 0.2) is 18.2 Å². The van der Waals surface area contributed by atoms with Crippen molar-refractivity contribution in [3.63, 3.8) is 0 Å². The first-order valence-electron chi connectivity index (χ1n) is 6.70. The lowest BCUT2D eigenvalue weighted by Crippen LogP contribution is -2.39. The van der Waals surface area contributed by atoms with Gasteiger partial charge in [-0.3, -0.25) is 4.79 Å². The van der Waals surface area contributed by atoms with E-state index in [0.717, 1.165) is 24.8 Å². The molecule has 0 spiro atoms. The average molecular weight is 281 g/mol. The monoisotopic (exact) mass is 281 g/mol. The summed E-state index contributed by atoms with van der Waals surface area (Å²) in [5.74, 6) is -0.728. The third-order valence-corrected chi connectivity index (χ3v) is 4.76. The molecule has 2 rings (SSSR count). The molecule has 1 saturated carbocycles. The van der Waals surface area contributed by atoms with Crippen LogP contribution in [0.3, 0.4) is 0 Å². The maximum absolute atomic E-state index is 13.7. The molecule has 0 aromatic heterocycles. The van der Waals surface area contributed by atoms with Crippen molar-refractivity contribution in [1.82, 2.24) is 5.32 Å². The summed E-state index contributed by atoms with van der Waals surface area (Å²) in [5.41, 5.74) is 1.06. The lowest BCUT2D eigenvalue weighted by atomic mass is 9.94. The molecule has 2 nitrogen and oxygen atoms in total. The molecule has 0 bridgehead atoms. The van der Waals surface area contributed by atoms with E-state index in [4.69, 9.17) is 0 Å². The van der Waals surface area contributed by atoms with Crippen LogP contribution in [0.4, 0.5) is 4.39 Å². The fourth-order valence-corrected chi connectivity index (χ4v) is 3.39. The minimum atomic E-state index is -0.444. The second-order valence-corrected chi connectivity index (χ2v) is 6.32. The van der Waals surface area contributed by atoms with E-state index in [1.54, 1.807) is 12.1 Å². The van der Waals surface area contributed by atoms with Gasteiger partial charge < -0.3 is 5.32 Å². The first-order chi connectivity index (χ1) is 9.10. The molecule has 1 aromatic rings. The number of carbonyl (C=O) groups is 1. The van der Waals surface area contributed by atoms with Gasteiger partial charge in [0.05, 0.1) is 5.56 Å². The zero-order valence-electron chi connectivity index (χ0n) is 11.4. The molecule has 1 amide bonds. The second kappa shape index (κ2) is 6.42. The van der Waals surface area contributed by atoms with Gasteiger partial charge in [-0.05, 0) is 44.6 Å². The van der Waals surface area contributed by atoms with E-state index >= 15 is 0 Å². The third-order valence-electron chi connectivity index (χ3n) is 3.66. The van der Waals surface area contributed by atoms with Crippen molar-refractivity contribution in [1.29, 1.82) is 0 Å². The maximum Gasteiger partial charge on any atom is 0.254 e. The van der Waals surface area contributed by atoms with Crippen LogP contribution in [0, 0.1) is 12.7 Å². The molecule has 1 N–H and O–H groups in total. The van der Waals surface area contributed by atoms with Gasteiger partial charge in [-0.15, -0.1) is 0 Å². The molecule has 0 aliphatic heterocycles. The molecular formula is C15H20FNOS. The highest BCUT2D eigenvalue weighted by Gasteiger charge is 2.23. The lowest BCUT2D eigenvalue weighted by molar-refractivity contribution is 0.0924. The first-order valence-corrected chi connectivity index (χ1v) is 7.98. The van der Waals surface area contributed by atoms with E-state index in [-0.39, 0.29) is 17.5 Å². The summed E-state index contributed by atoms with van der Waals surface area (Å²) >= 11 is 1.85. The largest absolute Gasteiger partial charge is 0.349 e. The number of thioether (sulfide) groups is 1. The van der Waals surface area contributed by atoms with Gasteiger partial charge in [-0.25, -0.2) is 4.39 Å². The fourth-order valence-electron chi connectivity index (χ4n) is 2.57. The van der Waals surface area contributed by atoms with Gasteiger partial charge in [0.25, 0.3) is 5.91 Å². The van der Waals surface area contributed by atoms with Crippen LogP contribution in [-0.2, 0) is 0 Å². The van der Waals surface area contributed by atoms with Gasteiger partial charge in [0.15, 0.2) is 0 Å². The molecule has 19 heavy (non-hydrogen) atoms. The van der Waals surface area contributed by atoms with Gasteiger partial charge in [-0.2, -0.15) is 11.8 Å². The predicted octanol–water partition coefficient (Wildman–Crippen LogP) is 3.54. The Hall–Kier alpha value is -1.03.